The van der Waals surface area contributed by atoms with Crippen LogP contribution in [-0.2, 0) is 22.1 Å². The molecular formula is C21H26N2O3S. The Morgan fingerprint density at radius 1 is 1.00 bits per heavy atom. The maximum Gasteiger partial charge on any atom is 0.255 e. The monoisotopic (exact) mass is 386 g/mol. The first-order valence-corrected chi connectivity index (χ1v) is 11.3. The molecule has 0 aromatic heterocycles. The number of carbonyl (C=O) groups excluding carboxylic acids is 1. The molecule has 0 radical (unpaired) electrons. The van der Waals surface area contributed by atoms with Crippen molar-refractivity contribution >= 4 is 21.4 Å². The molecule has 3 rings (SSSR count). The van der Waals surface area contributed by atoms with E-state index in [9.17, 15) is 13.2 Å². The fourth-order valence-corrected chi connectivity index (χ4v) is 4.22. The summed E-state index contributed by atoms with van der Waals surface area (Å²) in [5.41, 5.74) is 3.00. The van der Waals surface area contributed by atoms with Crippen molar-refractivity contribution in [3.05, 3.63) is 65.2 Å². The summed E-state index contributed by atoms with van der Waals surface area (Å²) in [6, 6.07) is 14.7. The number of sulfone groups is 1. The Morgan fingerprint density at radius 2 is 1.70 bits per heavy atom. The summed E-state index contributed by atoms with van der Waals surface area (Å²) in [4.78, 5) is 15.0. The lowest BCUT2D eigenvalue weighted by Gasteiger charge is -2.26. The van der Waals surface area contributed by atoms with E-state index in [1.54, 1.807) is 24.3 Å². The lowest BCUT2D eigenvalue weighted by atomic mass is 10.1. The largest absolute Gasteiger partial charge is 0.322 e. The molecule has 6 heteroatoms. The Kier molecular flexibility index (Phi) is 6.29. The van der Waals surface area contributed by atoms with Gasteiger partial charge in [0, 0.05) is 24.1 Å². The van der Waals surface area contributed by atoms with Crippen LogP contribution in [0.3, 0.4) is 0 Å². The van der Waals surface area contributed by atoms with Crippen LogP contribution in [0.1, 0.15) is 40.7 Å². The van der Waals surface area contributed by atoms with Crippen LogP contribution in [0.5, 0.6) is 0 Å². The van der Waals surface area contributed by atoms with E-state index in [-0.39, 0.29) is 11.7 Å². The van der Waals surface area contributed by atoms with Crippen LogP contribution < -0.4 is 5.32 Å². The Morgan fingerprint density at radius 3 is 2.44 bits per heavy atom. The van der Waals surface area contributed by atoms with E-state index in [2.05, 4.69) is 16.3 Å². The molecule has 0 aliphatic carbocycles. The standard InChI is InChI=1S/C21H26N2O3S/c1-27(25,26)16-18-8-5-9-19(13-18)21(24)22-20-10-6-7-17(14-20)15-23-11-3-2-4-12-23/h5-10,13-14H,2-4,11-12,15-16H2,1H3,(H,22,24). The summed E-state index contributed by atoms with van der Waals surface area (Å²) in [5, 5.41) is 2.92. The van der Waals surface area contributed by atoms with Crippen LogP contribution >= 0.6 is 0 Å². The normalized spacial score (nSPS) is 15.4. The molecule has 27 heavy (non-hydrogen) atoms. The van der Waals surface area contributed by atoms with Gasteiger partial charge in [-0.2, -0.15) is 0 Å². The third-order valence-corrected chi connectivity index (χ3v) is 5.52. The molecular weight excluding hydrogens is 360 g/mol. The first-order valence-electron chi connectivity index (χ1n) is 9.28. The zero-order chi connectivity index (χ0) is 19.3. The third-order valence-electron chi connectivity index (χ3n) is 4.66. The number of nitrogens with one attached hydrogen (secondary N) is 1. The summed E-state index contributed by atoms with van der Waals surface area (Å²) >= 11 is 0. The predicted octanol–water partition coefficient (Wildman–Crippen LogP) is 3.47. The fraction of sp³-hybridized carbons (Fsp3) is 0.381. The molecule has 1 fully saturated rings. The van der Waals surface area contributed by atoms with Crippen molar-refractivity contribution in [2.45, 2.75) is 31.6 Å². The van der Waals surface area contributed by atoms with E-state index in [4.69, 9.17) is 0 Å². The van der Waals surface area contributed by atoms with Gasteiger partial charge in [0.1, 0.15) is 0 Å². The number of anilines is 1. The van der Waals surface area contributed by atoms with Crippen LogP contribution in [0.15, 0.2) is 48.5 Å². The summed E-state index contributed by atoms with van der Waals surface area (Å²) in [6.07, 6.45) is 5.00. The van der Waals surface area contributed by atoms with Gasteiger partial charge < -0.3 is 5.32 Å². The third kappa shape index (κ3) is 6.19. The van der Waals surface area contributed by atoms with Crippen molar-refractivity contribution in [3.8, 4) is 0 Å². The number of carbonyl (C=O) groups is 1. The molecule has 0 atom stereocenters. The molecule has 2 aromatic carbocycles. The Labute approximate surface area is 161 Å². The molecule has 144 valence electrons. The average molecular weight is 387 g/mol. The number of hydrogen-bond donors (Lipinski definition) is 1. The summed E-state index contributed by atoms with van der Waals surface area (Å²) in [5.74, 6) is -0.306. The molecule has 1 saturated heterocycles. The highest BCUT2D eigenvalue weighted by Gasteiger charge is 2.12. The maximum absolute atomic E-state index is 12.6. The van der Waals surface area contributed by atoms with Crippen LogP contribution in [0.2, 0.25) is 0 Å². The average Bonchev–Trinajstić information content (AvgIpc) is 2.62. The van der Waals surface area contributed by atoms with Gasteiger partial charge in [-0.3, -0.25) is 9.69 Å². The van der Waals surface area contributed by atoms with Crippen molar-refractivity contribution in [3.63, 3.8) is 0 Å². The molecule has 5 nitrogen and oxygen atoms in total. The Bertz CT molecular complexity index is 903. The molecule has 1 amide bonds. The minimum Gasteiger partial charge on any atom is -0.322 e. The van der Waals surface area contributed by atoms with Gasteiger partial charge in [-0.05, 0) is 61.3 Å². The maximum atomic E-state index is 12.6. The van der Waals surface area contributed by atoms with Crippen molar-refractivity contribution in [2.24, 2.45) is 0 Å². The first kappa shape index (κ1) is 19.6. The predicted molar refractivity (Wildman–Crippen MR) is 109 cm³/mol. The number of piperidine rings is 1. The minimum absolute atomic E-state index is 0.0700. The van der Waals surface area contributed by atoms with Gasteiger partial charge >= 0.3 is 0 Å². The second-order valence-electron chi connectivity index (χ2n) is 7.26. The van der Waals surface area contributed by atoms with Gasteiger partial charge in [0.05, 0.1) is 5.75 Å². The summed E-state index contributed by atoms with van der Waals surface area (Å²) < 4.78 is 22.9. The van der Waals surface area contributed by atoms with Crippen LogP contribution in [-0.4, -0.2) is 38.6 Å². The molecule has 1 aliphatic heterocycles. The molecule has 1 aliphatic rings. The van der Waals surface area contributed by atoms with Gasteiger partial charge in [-0.25, -0.2) is 8.42 Å². The zero-order valence-corrected chi connectivity index (χ0v) is 16.5. The van der Waals surface area contributed by atoms with Gasteiger partial charge in [0.25, 0.3) is 5.91 Å². The van der Waals surface area contributed by atoms with Crippen molar-refractivity contribution in [2.75, 3.05) is 24.7 Å². The van der Waals surface area contributed by atoms with Crippen molar-refractivity contribution < 1.29 is 13.2 Å². The van der Waals surface area contributed by atoms with Gasteiger partial charge in [-0.15, -0.1) is 0 Å². The van der Waals surface area contributed by atoms with E-state index in [1.807, 2.05) is 18.2 Å². The SMILES string of the molecule is CS(=O)(=O)Cc1cccc(C(=O)Nc2cccc(CN3CCCCC3)c2)c1. The number of rotatable bonds is 6. The van der Waals surface area contributed by atoms with Gasteiger partial charge in [-0.1, -0.05) is 30.7 Å². The van der Waals surface area contributed by atoms with E-state index >= 15 is 0 Å². The molecule has 1 N–H and O–H groups in total. The summed E-state index contributed by atoms with van der Waals surface area (Å²) in [6.45, 7) is 3.15. The molecule has 0 bridgehead atoms. The van der Waals surface area contributed by atoms with E-state index < -0.39 is 9.84 Å². The molecule has 0 unspecified atom stereocenters. The smallest absolute Gasteiger partial charge is 0.255 e. The quantitative estimate of drug-likeness (QED) is 0.826. The van der Waals surface area contributed by atoms with E-state index in [1.165, 1.54) is 31.1 Å². The summed E-state index contributed by atoms with van der Waals surface area (Å²) in [7, 11) is -3.13. The highest BCUT2D eigenvalue weighted by molar-refractivity contribution is 7.89. The van der Waals surface area contributed by atoms with Crippen LogP contribution in [0, 0.1) is 0 Å². The highest BCUT2D eigenvalue weighted by atomic mass is 32.2. The van der Waals surface area contributed by atoms with Crippen molar-refractivity contribution in [1.82, 2.24) is 4.90 Å². The number of likely N-dealkylation sites (tertiary alicyclic amines) is 1. The van der Waals surface area contributed by atoms with Crippen molar-refractivity contribution in [1.29, 1.82) is 0 Å². The number of nitrogens with zero attached hydrogens (tertiary/aromatic N) is 1. The number of amides is 1. The molecule has 1 heterocycles. The number of benzene rings is 2. The second-order valence-corrected chi connectivity index (χ2v) is 9.40. The topological polar surface area (TPSA) is 66.5 Å². The lowest BCUT2D eigenvalue weighted by molar-refractivity contribution is 0.102. The fourth-order valence-electron chi connectivity index (χ4n) is 3.43. The van der Waals surface area contributed by atoms with Crippen LogP contribution in [0.25, 0.3) is 0 Å². The number of hydrogen-bond acceptors (Lipinski definition) is 4. The lowest BCUT2D eigenvalue weighted by Crippen LogP contribution is -2.29. The minimum atomic E-state index is -3.13. The second kappa shape index (κ2) is 8.67. The van der Waals surface area contributed by atoms with E-state index in [0.717, 1.165) is 25.3 Å². The Hall–Kier alpha value is -2.18. The highest BCUT2D eigenvalue weighted by Crippen LogP contribution is 2.17. The zero-order valence-electron chi connectivity index (χ0n) is 15.6. The van der Waals surface area contributed by atoms with Crippen LogP contribution in [0.4, 0.5) is 5.69 Å². The Balaban J connectivity index is 1.67. The molecule has 0 saturated carbocycles. The first-order chi connectivity index (χ1) is 12.9. The molecule has 0 spiro atoms. The van der Waals surface area contributed by atoms with E-state index in [0.29, 0.717) is 11.1 Å². The van der Waals surface area contributed by atoms with Gasteiger partial charge in [0.15, 0.2) is 9.84 Å². The molecule has 2 aromatic rings. The van der Waals surface area contributed by atoms with Gasteiger partial charge in [0.2, 0.25) is 0 Å².